The minimum absolute atomic E-state index is 0.144. The summed E-state index contributed by atoms with van der Waals surface area (Å²) >= 11 is 3.92. The van der Waals surface area contributed by atoms with Gasteiger partial charge in [0.1, 0.15) is 5.75 Å². The van der Waals surface area contributed by atoms with Crippen molar-refractivity contribution in [1.29, 1.82) is 0 Å². The molecule has 1 fully saturated rings. The van der Waals surface area contributed by atoms with Crippen molar-refractivity contribution in [3.63, 3.8) is 0 Å². The van der Waals surface area contributed by atoms with Gasteiger partial charge < -0.3 is 9.84 Å². The number of aliphatic hydroxyl groups excluding tert-OH is 1. The lowest BCUT2D eigenvalue weighted by Gasteiger charge is -2.37. The zero-order chi connectivity index (χ0) is 25.5. The molecule has 2 heterocycles. The summed E-state index contributed by atoms with van der Waals surface area (Å²) in [4.78, 5) is 9.49. The monoisotopic (exact) mass is 530 g/mol. The highest BCUT2D eigenvalue weighted by molar-refractivity contribution is 8.18. The Labute approximate surface area is 227 Å². The first kappa shape index (κ1) is 29.3. The van der Waals surface area contributed by atoms with E-state index in [1.807, 2.05) is 60.2 Å². The van der Waals surface area contributed by atoms with E-state index >= 15 is 0 Å². The molecule has 1 aromatic carbocycles. The number of ether oxygens (including phenoxy) is 1. The van der Waals surface area contributed by atoms with Crippen LogP contribution < -0.4 is 4.74 Å². The minimum Gasteiger partial charge on any atom is -0.494 e. The Balaban J connectivity index is 1.55. The van der Waals surface area contributed by atoms with Gasteiger partial charge in [-0.15, -0.1) is 23.5 Å². The Hall–Kier alpha value is -1.24. The number of hydrogen-bond donors (Lipinski definition) is 1. The van der Waals surface area contributed by atoms with E-state index in [4.69, 9.17) is 14.7 Å². The quantitative estimate of drug-likeness (QED) is 0.207. The van der Waals surface area contributed by atoms with Crippen molar-refractivity contribution in [1.82, 2.24) is 9.97 Å². The third kappa shape index (κ3) is 9.57. The second kappa shape index (κ2) is 16.6. The van der Waals surface area contributed by atoms with Crippen LogP contribution in [-0.4, -0.2) is 39.3 Å². The van der Waals surface area contributed by atoms with Gasteiger partial charge in [-0.05, 0) is 55.0 Å². The van der Waals surface area contributed by atoms with E-state index < -0.39 is 0 Å². The molecule has 0 saturated carbocycles. The van der Waals surface area contributed by atoms with Gasteiger partial charge >= 0.3 is 0 Å². The zero-order valence-electron chi connectivity index (χ0n) is 22.4. The molecule has 0 amide bonds. The molecule has 1 aliphatic rings. The van der Waals surface area contributed by atoms with Crippen molar-refractivity contribution < 1.29 is 9.84 Å². The summed E-state index contributed by atoms with van der Waals surface area (Å²) in [6, 6.07) is 8.14. The van der Waals surface area contributed by atoms with Crippen molar-refractivity contribution >= 4 is 23.5 Å². The van der Waals surface area contributed by atoms with Crippen LogP contribution in [0.2, 0.25) is 0 Å². The van der Waals surface area contributed by atoms with E-state index in [9.17, 15) is 5.11 Å². The molecule has 1 aliphatic heterocycles. The Morgan fingerprint density at radius 2 is 1.47 bits per heavy atom. The molecule has 36 heavy (non-hydrogen) atoms. The first-order valence-electron chi connectivity index (χ1n) is 14.2. The molecule has 1 atom stereocenters. The average molecular weight is 531 g/mol. The van der Waals surface area contributed by atoms with Gasteiger partial charge in [-0.2, -0.15) is 0 Å². The van der Waals surface area contributed by atoms with Crippen LogP contribution in [0.3, 0.4) is 0 Å². The van der Waals surface area contributed by atoms with Gasteiger partial charge in [0, 0.05) is 29.9 Å². The van der Waals surface area contributed by atoms with Gasteiger partial charge in [-0.1, -0.05) is 71.6 Å². The van der Waals surface area contributed by atoms with E-state index in [1.54, 1.807) is 0 Å². The molecule has 0 spiro atoms. The van der Waals surface area contributed by atoms with Gasteiger partial charge in [-0.3, -0.25) is 0 Å². The number of aromatic nitrogens is 2. The molecular formula is C30H46N2O2S2. The molecular weight excluding hydrogens is 484 g/mol. The molecule has 4 nitrogen and oxygen atoms in total. The molecule has 0 radical (unpaired) electrons. The highest BCUT2D eigenvalue weighted by Gasteiger charge is 2.38. The summed E-state index contributed by atoms with van der Waals surface area (Å²) in [7, 11) is 0. The standard InChI is InChI=1S/C30H46N2O2S2/c1-3-5-7-9-10-12-19-34-28-17-15-25(16-18-28)29-31-23-26(24-32-29)30(35-20-13-21-36-30)22-27(33)14-11-8-6-4-2/h15-18,23-24,27,33H,3-14,19-22H2,1-2H3/t27-/m1/s1. The Morgan fingerprint density at radius 1 is 0.861 bits per heavy atom. The van der Waals surface area contributed by atoms with E-state index in [1.165, 1.54) is 57.8 Å². The van der Waals surface area contributed by atoms with Crippen molar-refractivity contribution in [2.45, 2.75) is 108 Å². The van der Waals surface area contributed by atoms with E-state index in [2.05, 4.69) is 13.8 Å². The molecule has 1 aromatic heterocycles. The van der Waals surface area contributed by atoms with Crippen LogP contribution in [0.25, 0.3) is 11.4 Å². The Morgan fingerprint density at radius 3 is 2.14 bits per heavy atom. The molecule has 200 valence electrons. The highest BCUT2D eigenvalue weighted by atomic mass is 32.2. The minimum atomic E-state index is -0.275. The predicted octanol–water partition coefficient (Wildman–Crippen LogP) is 8.63. The highest BCUT2D eigenvalue weighted by Crippen LogP contribution is 2.53. The Kier molecular flexibility index (Phi) is 13.5. The molecule has 0 bridgehead atoms. The van der Waals surface area contributed by atoms with Crippen LogP contribution in [0.1, 0.15) is 103 Å². The van der Waals surface area contributed by atoms with Crippen molar-refractivity contribution in [2.24, 2.45) is 0 Å². The van der Waals surface area contributed by atoms with Crippen LogP contribution >= 0.6 is 23.5 Å². The number of unbranched alkanes of at least 4 members (excludes halogenated alkanes) is 8. The first-order chi connectivity index (χ1) is 17.7. The molecule has 6 heteroatoms. The Bertz CT molecular complexity index is 839. The zero-order valence-corrected chi connectivity index (χ0v) is 24.1. The van der Waals surface area contributed by atoms with Crippen LogP contribution in [0.4, 0.5) is 0 Å². The number of aliphatic hydroxyl groups is 1. The van der Waals surface area contributed by atoms with Gasteiger partial charge in [-0.25, -0.2) is 9.97 Å². The molecule has 0 aliphatic carbocycles. The number of hydrogen-bond acceptors (Lipinski definition) is 6. The normalized spacial score (nSPS) is 16.1. The fourth-order valence-corrected chi connectivity index (χ4v) is 8.06. The summed E-state index contributed by atoms with van der Waals surface area (Å²) in [5, 5.41) is 10.8. The lowest BCUT2D eigenvalue weighted by molar-refractivity contribution is 0.147. The lowest BCUT2D eigenvalue weighted by atomic mass is 10.0. The maximum Gasteiger partial charge on any atom is 0.159 e. The van der Waals surface area contributed by atoms with Crippen molar-refractivity contribution in [3.05, 3.63) is 42.2 Å². The topological polar surface area (TPSA) is 55.2 Å². The van der Waals surface area contributed by atoms with Crippen LogP contribution in [0, 0.1) is 0 Å². The molecule has 0 unspecified atom stereocenters. The van der Waals surface area contributed by atoms with Crippen LogP contribution in [0.15, 0.2) is 36.7 Å². The van der Waals surface area contributed by atoms with Crippen LogP contribution in [-0.2, 0) is 4.08 Å². The molecule has 1 N–H and O–H groups in total. The average Bonchev–Trinajstić information content (AvgIpc) is 2.91. The largest absolute Gasteiger partial charge is 0.494 e. The number of benzene rings is 1. The van der Waals surface area contributed by atoms with E-state index in [-0.39, 0.29) is 10.2 Å². The SMILES string of the molecule is CCCCCCCCOc1ccc(-c2ncc(C3(C[C@H](O)CCCCCC)SCCCS3)cn2)cc1. The fraction of sp³-hybridized carbons (Fsp3) is 0.667. The molecule has 2 aromatic rings. The predicted molar refractivity (Wildman–Crippen MR) is 157 cm³/mol. The van der Waals surface area contributed by atoms with E-state index in [0.717, 1.165) is 66.5 Å². The molecule has 1 saturated heterocycles. The van der Waals surface area contributed by atoms with Gasteiger partial charge in [0.2, 0.25) is 0 Å². The van der Waals surface area contributed by atoms with Crippen molar-refractivity contribution in [3.8, 4) is 17.1 Å². The maximum absolute atomic E-state index is 10.8. The summed E-state index contributed by atoms with van der Waals surface area (Å²) in [5.41, 5.74) is 2.13. The number of thioether (sulfide) groups is 2. The van der Waals surface area contributed by atoms with Crippen LogP contribution in [0.5, 0.6) is 5.75 Å². The lowest BCUT2D eigenvalue weighted by Crippen LogP contribution is -2.28. The first-order valence-corrected chi connectivity index (χ1v) is 16.2. The maximum atomic E-state index is 10.8. The van der Waals surface area contributed by atoms with Gasteiger partial charge in [0.05, 0.1) is 16.8 Å². The number of nitrogens with zero attached hydrogens (tertiary/aromatic N) is 2. The third-order valence-electron chi connectivity index (χ3n) is 6.83. The molecule has 3 rings (SSSR count). The fourth-order valence-electron chi connectivity index (χ4n) is 4.64. The summed E-state index contributed by atoms with van der Waals surface area (Å²) in [6.45, 7) is 5.25. The second-order valence-corrected chi connectivity index (χ2v) is 13.0. The summed E-state index contributed by atoms with van der Waals surface area (Å²) < 4.78 is 5.78. The van der Waals surface area contributed by atoms with Gasteiger partial charge in [0.25, 0.3) is 0 Å². The van der Waals surface area contributed by atoms with Gasteiger partial charge in [0.15, 0.2) is 5.82 Å². The summed E-state index contributed by atoms with van der Waals surface area (Å²) in [5.74, 6) is 3.89. The number of rotatable bonds is 17. The second-order valence-electron chi connectivity index (χ2n) is 9.95. The summed E-state index contributed by atoms with van der Waals surface area (Å²) in [6.07, 6.45) is 19.0. The van der Waals surface area contributed by atoms with Crippen molar-refractivity contribution in [2.75, 3.05) is 18.1 Å². The van der Waals surface area contributed by atoms with E-state index in [0.29, 0.717) is 0 Å². The third-order valence-corrected chi connectivity index (χ3v) is 10.3. The smallest absolute Gasteiger partial charge is 0.159 e.